The number of carbonyl (C=O) groups excluding carboxylic acids is 3. The summed E-state index contributed by atoms with van der Waals surface area (Å²) in [6.45, 7) is 0. The molecule has 3 aromatic heterocycles. The minimum Gasteiger partial charge on any atom is -0.448 e. The number of ether oxygens (including phenoxy) is 1. The number of pyridine rings is 1. The van der Waals surface area contributed by atoms with Crippen LogP contribution in [0.4, 0.5) is 5.13 Å². The van der Waals surface area contributed by atoms with E-state index < -0.39 is 35.3 Å². The van der Waals surface area contributed by atoms with Gasteiger partial charge in [0.15, 0.2) is 15.6 Å². The van der Waals surface area contributed by atoms with Gasteiger partial charge in [-0.05, 0) is 23.3 Å². The van der Waals surface area contributed by atoms with Crippen molar-refractivity contribution >= 4 is 85.4 Å². The van der Waals surface area contributed by atoms with E-state index in [1.165, 1.54) is 46.9 Å². The topological polar surface area (TPSA) is 175 Å². The molecular formula is C31H24N8O5S4. The van der Waals surface area contributed by atoms with Gasteiger partial charge in [-0.15, -0.1) is 11.8 Å². The lowest BCUT2D eigenvalue weighted by Crippen LogP contribution is -2.71. The standard InChI is InChI=1S/C31H24N8O5S4/c1-43-37-20(24-36-30(32)48-38-24)25(40)35-21-27(41)39-22(19(15-45-28(21)39)46-31-34-18-13-8-14-33-26(18)47-31)29(42)44-23(16-9-4-2-5-10-16)17-11-6-3-7-12-17/h2-14,21,23,28H,15H2,1H3,(H,35,40)(H2,32,36,38)/t21?,28-/m0/s1. The van der Waals surface area contributed by atoms with Crippen LogP contribution in [0.2, 0.25) is 0 Å². The zero-order valence-electron chi connectivity index (χ0n) is 24.9. The minimum absolute atomic E-state index is 0.0298. The summed E-state index contributed by atoms with van der Waals surface area (Å²) in [5.41, 5.74) is 7.84. The number of rotatable bonds is 10. The van der Waals surface area contributed by atoms with Crippen LogP contribution in [0.15, 0.2) is 99.1 Å². The number of anilines is 1. The molecule has 242 valence electrons. The van der Waals surface area contributed by atoms with Crippen molar-refractivity contribution in [3.63, 3.8) is 0 Å². The number of aromatic nitrogens is 4. The zero-order valence-corrected chi connectivity index (χ0v) is 28.1. The van der Waals surface area contributed by atoms with Crippen LogP contribution in [0.25, 0.3) is 10.3 Å². The number of thioether (sulfide) groups is 2. The molecule has 7 rings (SSSR count). The van der Waals surface area contributed by atoms with Crippen LogP contribution in [-0.4, -0.2) is 72.0 Å². The fourth-order valence-electron chi connectivity index (χ4n) is 5.12. The number of oxime groups is 1. The second kappa shape index (κ2) is 13.7. The molecule has 0 radical (unpaired) electrons. The van der Waals surface area contributed by atoms with Gasteiger partial charge in [0.05, 0.1) is 0 Å². The van der Waals surface area contributed by atoms with Crippen LogP contribution in [0.1, 0.15) is 23.1 Å². The van der Waals surface area contributed by atoms with E-state index in [1.54, 1.807) is 6.20 Å². The molecule has 2 aromatic carbocycles. The van der Waals surface area contributed by atoms with Crippen molar-refractivity contribution in [3.05, 3.63) is 107 Å². The Hall–Kier alpha value is -4.84. The van der Waals surface area contributed by atoms with Gasteiger partial charge in [-0.2, -0.15) is 9.36 Å². The quantitative estimate of drug-likeness (QED) is 0.0913. The molecule has 5 heterocycles. The molecule has 2 atom stereocenters. The predicted molar refractivity (Wildman–Crippen MR) is 184 cm³/mol. The summed E-state index contributed by atoms with van der Waals surface area (Å²) < 4.78 is 10.9. The maximum atomic E-state index is 14.3. The molecule has 0 aliphatic carbocycles. The van der Waals surface area contributed by atoms with Crippen LogP contribution < -0.4 is 11.1 Å². The molecule has 1 unspecified atom stereocenters. The average Bonchev–Trinajstić information content (AvgIpc) is 3.74. The lowest BCUT2D eigenvalue weighted by Gasteiger charge is -2.49. The molecule has 0 bridgehead atoms. The number of hydrogen-bond donors (Lipinski definition) is 2. The maximum absolute atomic E-state index is 14.3. The van der Waals surface area contributed by atoms with Gasteiger partial charge < -0.3 is 20.6 Å². The average molecular weight is 717 g/mol. The molecule has 1 fully saturated rings. The van der Waals surface area contributed by atoms with Crippen LogP contribution in [0.5, 0.6) is 0 Å². The minimum atomic E-state index is -0.972. The first-order valence-electron chi connectivity index (χ1n) is 14.3. The third kappa shape index (κ3) is 6.24. The number of esters is 1. The third-order valence-corrected chi connectivity index (χ3v) is 11.4. The highest BCUT2D eigenvalue weighted by Gasteiger charge is 2.55. The molecule has 5 aromatic rings. The van der Waals surface area contributed by atoms with Gasteiger partial charge in [0, 0.05) is 28.4 Å². The van der Waals surface area contributed by atoms with Crippen molar-refractivity contribution in [2.24, 2.45) is 5.16 Å². The number of nitrogens with one attached hydrogen (secondary N) is 1. The Morgan fingerprint density at radius 1 is 1.06 bits per heavy atom. The first kappa shape index (κ1) is 31.7. The van der Waals surface area contributed by atoms with E-state index in [-0.39, 0.29) is 22.4 Å². The second-order valence-corrected chi connectivity index (χ2v) is 14.4. The molecule has 0 spiro atoms. The van der Waals surface area contributed by atoms with E-state index in [1.807, 2.05) is 72.8 Å². The summed E-state index contributed by atoms with van der Waals surface area (Å²) >= 11 is 4.98. The molecule has 48 heavy (non-hydrogen) atoms. The summed E-state index contributed by atoms with van der Waals surface area (Å²) in [5, 5.41) is 6.01. The molecular weight excluding hydrogens is 693 g/mol. The van der Waals surface area contributed by atoms with E-state index >= 15 is 0 Å². The van der Waals surface area contributed by atoms with E-state index in [4.69, 9.17) is 15.3 Å². The number of amides is 2. The Kier molecular flexibility index (Phi) is 9.07. The number of carbonyl (C=O) groups is 3. The fourth-order valence-corrected chi connectivity index (χ4v) is 9.17. The number of fused-ring (bicyclic) bond motifs is 2. The maximum Gasteiger partial charge on any atom is 0.356 e. The van der Waals surface area contributed by atoms with Crippen molar-refractivity contribution in [3.8, 4) is 0 Å². The SMILES string of the molecule is CON=C(C(=O)NC1C(=O)N2C(C(=O)OC(c3ccccc3)c3ccccc3)=C(Sc3nc4cccnc4s3)CS[C@@H]12)c1nsc(N)n1. The summed E-state index contributed by atoms with van der Waals surface area (Å²) in [5.74, 6) is -1.57. The zero-order chi connectivity index (χ0) is 33.2. The van der Waals surface area contributed by atoms with Crippen molar-refractivity contribution in [2.45, 2.75) is 21.9 Å². The lowest BCUT2D eigenvalue weighted by molar-refractivity contribution is -0.154. The molecule has 1 saturated heterocycles. The van der Waals surface area contributed by atoms with E-state index in [2.05, 4.69) is 29.8 Å². The molecule has 2 aliphatic rings. The number of benzene rings is 2. The monoisotopic (exact) mass is 716 g/mol. The summed E-state index contributed by atoms with van der Waals surface area (Å²) in [7, 11) is 1.28. The smallest absolute Gasteiger partial charge is 0.356 e. The highest BCUT2D eigenvalue weighted by molar-refractivity contribution is 8.07. The van der Waals surface area contributed by atoms with E-state index in [0.717, 1.165) is 33.0 Å². The Morgan fingerprint density at radius 2 is 1.79 bits per heavy atom. The Labute approximate surface area is 289 Å². The molecule has 0 saturated carbocycles. The van der Waals surface area contributed by atoms with Gasteiger partial charge in [-0.3, -0.25) is 14.5 Å². The summed E-state index contributed by atoms with van der Waals surface area (Å²) in [6, 6.07) is 21.5. The van der Waals surface area contributed by atoms with Crippen LogP contribution >= 0.6 is 46.4 Å². The highest BCUT2D eigenvalue weighted by atomic mass is 32.2. The van der Waals surface area contributed by atoms with Gasteiger partial charge in [-0.1, -0.05) is 88.9 Å². The van der Waals surface area contributed by atoms with Crippen molar-refractivity contribution in [1.29, 1.82) is 0 Å². The number of β-lactam (4-membered cyclic amide) rings is 1. The summed E-state index contributed by atoms with van der Waals surface area (Å²) in [6.07, 6.45) is 0.955. The van der Waals surface area contributed by atoms with E-state index in [9.17, 15) is 14.4 Å². The Morgan fingerprint density at radius 3 is 2.44 bits per heavy atom. The third-order valence-electron chi connectivity index (χ3n) is 7.25. The van der Waals surface area contributed by atoms with Crippen LogP contribution in [0, 0.1) is 0 Å². The number of nitrogens with two attached hydrogens (primary N) is 1. The van der Waals surface area contributed by atoms with Crippen molar-refractivity contribution < 1.29 is 24.0 Å². The first-order chi connectivity index (χ1) is 23.4. The number of nitrogens with zero attached hydrogens (tertiary/aromatic N) is 6. The highest BCUT2D eigenvalue weighted by Crippen LogP contribution is 2.47. The summed E-state index contributed by atoms with van der Waals surface area (Å²) in [4.78, 5) is 62.1. The van der Waals surface area contributed by atoms with Gasteiger partial charge in [0.25, 0.3) is 11.8 Å². The van der Waals surface area contributed by atoms with Crippen LogP contribution in [-0.2, 0) is 24.0 Å². The predicted octanol–water partition coefficient (Wildman–Crippen LogP) is 4.21. The number of thiazole rings is 1. The second-order valence-electron chi connectivity index (χ2n) is 10.2. The normalized spacial score (nSPS) is 17.7. The number of nitrogen functional groups attached to an aromatic ring is 1. The Bertz CT molecular complexity index is 2000. The Balaban J connectivity index is 1.21. The van der Waals surface area contributed by atoms with Crippen molar-refractivity contribution in [2.75, 3.05) is 18.6 Å². The first-order valence-corrected chi connectivity index (χ1v) is 17.8. The molecule has 3 N–H and O–H groups in total. The van der Waals surface area contributed by atoms with E-state index in [0.29, 0.717) is 15.0 Å². The molecule has 17 heteroatoms. The van der Waals surface area contributed by atoms with Gasteiger partial charge in [0.2, 0.25) is 11.5 Å². The van der Waals surface area contributed by atoms with Gasteiger partial charge >= 0.3 is 5.97 Å². The van der Waals surface area contributed by atoms with Gasteiger partial charge in [-0.25, -0.2) is 14.8 Å². The van der Waals surface area contributed by atoms with Crippen LogP contribution in [0.3, 0.4) is 0 Å². The molecule has 13 nitrogen and oxygen atoms in total. The number of hydrogen-bond acceptors (Lipinski definition) is 15. The largest absolute Gasteiger partial charge is 0.448 e. The lowest BCUT2D eigenvalue weighted by atomic mass is 10.0. The van der Waals surface area contributed by atoms with Crippen molar-refractivity contribution in [1.82, 2.24) is 29.5 Å². The molecule has 2 amide bonds. The molecule has 2 aliphatic heterocycles. The fraction of sp³-hybridized carbons (Fsp3) is 0.161. The van der Waals surface area contributed by atoms with Gasteiger partial charge in [0.1, 0.15) is 34.6 Å².